The molecule has 1 saturated heterocycles. The number of benzene rings is 1. The largest absolute Gasteiger partial charge is 0.476 e. The lowest BCUT2D eigenvalue weighted by Gasteiger charge is -2.38. The first-order valence-electron chi connectivity index (χ1n) is 7.19. The number of carbonyl (C=O) groups excluding carboxylic acids is 1. The summed E-state index contributed by atoms with van der Waals surface area (Å²) < 4.78 is 5.56. The van der Waals surface area contributed by atoms with Crippen LogP contribution in [-0.4, -0.2) is 46.7 Å². The summed E-state index contributed by atoms with van der Waals surface area (Å²) in [6.07, 6.45) is 5.00. The van der Waals surface area contributed by atoms with Crippen molar-refractivity contribution in [1.29, 1.82) is 0 Å². The molecule has 23 heavy (non-hydrogen) atoms. The number of carbonyl (C=O) groups is 1. The van der Waals surface area contributed by atoms with Crippen LogP contribution in [0.2, 0.25) is 5.15 Å². The van der Waals surface area contributed by atoms with Crippen molar-refractivity contribution in [3.8, 4) is 5.88 Å². The van der Waals surface area contributed by atoms with Gasteiger partial charge in [0, 0.05) is 29.5 Å². The highest BCUT2D eigenvalue weighted by Crippen LogP contribution is 2.21. The van der Waals surface area contributed by atoms with E-state index in [2.05, 4.69) is 9.97 Å². The summed E-state index contributed by atoms with van der Waals surface area (Å²) in [5, 5.41) is 0.307. The average Bonchev–Trinajstić information content (AvgIpc) is 2.53. The normalized spacial score (nSPS) is 14.4. The molecule has 0 saturated carbocycles. The van der Waals surface area contributed by atoms with Gasteiger partial charge in [-0.25, -0.2) is 0 Å². The van der Waals surface area contributed by atoms with E-state index >= 15 is 0 Å². The van der Waals surface area contributed by atoms with Crippen LogP contribution in [0.3, 0.4) is 0 Å². The van der Waals surface area contributed by atoms with Crippen molar-refractivity contribution in [1.82, 2.24) is 14.9 Å². The van der Waals surface area contributed by atoms with Crippen molar-refractivity contribution in [2.45, 2.75) is 4.90 Å². The first-order valence-corrected chi connectivity index (χ1v) is 8.79. The lowest BCUT2D eigenvalue weighted by Crippen LogP contribution is -2.52. The van der Waals surface area contributed by atoms with Crippen molar-refractivity contribution in [2.75, 3.05) is 26.0 Å². The van der Waals surface area contributed by atoms with Gasteiger partial charge in [-0.2, -0.15) is 4.98 Å². The van der Waals surface area contributed by atoms with E-state index in [-0.39, 0.29) is 5.91 Å². The molecule has 3 rings (SSSR count). The predicted molar refractivity (Wildman–Crippen MR) is 90.2 cm³/mol. The van der Waals surface area contributed by atoms with E-state index in [4.69, 9.17) is 16.3 Å². The number of amides is 1. The molecule has 1 fully saturated rings. The van der Waals surface area contributed by atoms with Crippen LogP contribution in [0.1, 0.15) is 10.4 Å². The van der Waals surface area contributed by atoms with E-state index < -0.39 is 0 Å². The highest BCUT2D eigenvalue weighted by Gasteiger charge is 2.31. The van der Waals surface area contributed by atoms with Gasteiger partial charge in [-0.1, -0.05) is 11.6 Å². The molecule has 0 unspecified atom stereocenters. The van der Waals surface area contributed by atoms with Crippen LogP contribution >= 0.6 is 23.4 Å². The van der Waals surface area contributed by atoms with Crippen LogP contribution in [0.25, 0.3) is 0 Å². The summed E-state index contributed by atoms with van der Waals surface area (Å²) in [5.74, 6) is 0.789. The summed E-state index contributed by atoms with van der Waals surface area (Å²) >= 11 is 7.42. The maximum atomic E-state index is 12.3. The first kappa shape index (κ1) is 16.1. The number of halogens is 1. The molecule has 0 bridgehead atoms. The number of rotatable bonds is 5. The zero-order chi connectivity index (χ0) is 16.2. The van der Waals surface area contributed by atoms with Gasteiger partial charge < -0.3 is 9.64 Å². The first-order chi connectivity index (χ1) is 11.2. The zero-order valence-corrected chi connectivity index (χ0v) is 14.2. The number of thioether (sulfide) groups is 1. The Morgan fingerprint density at radius 3 is 2.74 bits per heavy atom. The van der Waals surface area contributed by atoms with Crippen LogP contribution in [0.4, 0.5) is 0 Å². The van der Waals surface area contributed by atoms with Gasteiger partial charge in [0.1, 0.15) is 0 Å². The van der Waals surface area contributed by atoms with Gasteiger partial charge in [-0.3, -0.25) is 9.78 Å². The van der Waals surface area contributed by atoms with E-state index in [1.54, 1.807) is 11.8 Å². The molecule has 1 aromatic carbocycles. The Morgan fingerprint density at radius 2 is 2.09 bits per heavy atom. The third kappa shape index (κ3) is 3.95. The second-order valence-electron chi connectivity index (χ2n) is 5.30. The van der Waals surface area contributed by atoms with Gasteiger partial charge in [0.05, 0.1) is 19.0 Å². The number of hydrogen-bond donors (Lipinski definition) is 0. The molecule has 0 atom stereocenters. The minimum absolute atomic E-state index is 0.0662. The third-order valence-corrected chi connectivity index (χ3v) is 4.56. The van der Waals surface area contributed by atoms with E-state index in [9.17, 15) is 4.79 Å². The lowest BCUT2D eigenvalue weighted by molar-refractivity contribution is 0.0388. The minimum Gasteiger partial charge on any atom is -0.476 e. The van der Waals surface area contributed by atoms with E-state index in [1.807, 2.05) is 35.4 Å². The van der Waals surface area contributed by atoms with Gasteiger partial charge in [0.25, 0.3) is 5.91 Å². The van der Waals surface area contributed by atoms with E-state index in [0.717, 1.165) is 10.5 Å². The Morgan fingerprint density at radius 1 is 1.35 bits per heavy atom. The third-order valence-electron chi connectivity index (χ3n) is 3.63. The Bertz CT molecular complexity index is 690. The smallest absolute Gasteiger partial charge is 0.253 e. The highest BCUT2D eigenvalue weighted by molar-refractivity contribution is 7.98. The number of hydrogen-bond acceptors (Lipinski definition) is 5. The van der Waals surface area contributed by atoms with Gasteiger partial charge in [0.2, 0.25) is 5.88 Å². The van der Waals surface area contributed by atoms with Crippen molar-refractivity contribution < 1.29 is 9.53 Å². The summed E-state index contributed by atoms with van der Waals surface area (Å²) in [4.78, 5) is 23.2. The van der Waals surface area contributed by atoms with Crippen molar-refractivity contribution in [3.63, 3.8) is 0 Å². The van der Waals surface area contributed by atoms with Crippen LogP contribution in [-0.2, 0) is 0 Å². The molecule has 1 amide bonds. The molecule has 1 aliphatic heterocycles. The van der Waals surface area contributed by atoms with Gasteiger partial charge in [-0.05, 0) is 30.5 Å². The summed E-state index contributed by atoms with van der Waals surface area (Å²) in [6.45, 7) is 1.89. The molecule has 0 radical (unpaired) electrons. The van der Waals surface area contributed by atoms with Crippen LogP contribution in [0, 0.1) is 5.92 Å². The minimum atomic E-state index is 0.0662. The quantitative estimate of drug-likeness (QED) is 0.777. The van der Waals surface area contributed by atoms with E-state index in [1.165, 1.54) is 12.4 Å². The number of nitrogens with zero attached hydrogens (tertiary/aromatic N) is 3. The number of ether oxygens (including phenoxy) is 1. The van der Waals surface area contributed by atoms with Crippen LogP contribution in [0.15, 0.2) is 41.6 Å². The number of likely N-dealkylation sites (tertiary alicyclic amines) is 1. The van der Waals surface area contributed by atoms with Crippen molar-refractivity contribution >= 4 is 29.3 Å². The SMILES string of the molecule is CSc1ccc(C(=O)N2CC(COc3cncc(Cl)n3)C2)cc1. The van der Waals surface area contributed by atoms with Crippen LogP contribution in [0.5, 0.6) is 5.88 Å². The second kappa shape index (κ2) is 7.19. The molecule has 0 N–H and O–H groups in total. The molecule has 1 aliphatic rings. The van der Waals surface area contributed by atoms with E-state index in [0.29, 0.717) is 36.6 Å². The monoisotopic (exact) mass is 349 g/mol. The summed E-state index contributed by atoms with van der Waals surface area (Å²) in [6, 6.07) is 7.69. The molecule has 0 aliphatic carbocycles. The van der Waals surface area contributed by atoms with Crippen molar-refractivity contribution in [2.24, 2.45) is 5.92 Å². The fourth-order valence-corrected chi connectivity index (χ4v) is 2.90. The summed E-state index contributed by atoms with van der Waals surface area (Å²) in [5.41, 5.74) is 0.725. The Kier molecular flexibility index (Phi) is 5.03. The Labute approximate surface area is 144 Å². The maximum Gasteiger partial charge on any atom is 0.253 e. The van der Waals surface area contributed by atoms with Gasteiger partial charge in [-0.15, -0.1) is 11.8 Å². The topological polar surface area (TPSA) is 55.3 Å². The Balaban J connectivity index is 1.47. The lowest BCUT2D eigenvalue weighted by atomic mass is 10.00. The fraction of sp³-hybridized carbons (Fsp3) is 0.312. The molecule has 1 aromatic heterocycles. The second-order valence-corrected chi connectivity index (χ2v) is 6.56. The number of aromatic nitrogens is 2. The molecular weight excluding hydrogens is 334 g/mol. The zero-order valence-electron chi connectivity index (χ0n) is 12.6. The molecule has 120 valence electrons. The predicted octanol–water partition coefficient (Wildman–Crippen LogP) is 3.00. The average molecular weight is 350 g/mol. The summed E-state index contributed by atoms with van der Waals surface area (Å²) in [7, 11) is 0. The molecule has 5 nitrogen and oxygen atoms in total. The standard InChI is InChI=1S/C16H16ClN3O2S/c1-23-13-4-2-12(3-5-13)16(21)20-8-11(9-20)10-22-15-7-18-6-14(17)19-15/h2-7,11H,8-10H2,1H3. The molecular formula is C16H16ClN3O2S. The molecule has 2 aromatic rings. The molecule has 2 heterocycles. The molecule has 7 heteroatoms. The Hall–Kier alpha value is -1.79. The fourth-order valence-electron chi connectivity index (χ4n) is 2.36. The maximum absolute atomic E-state index is 12.3. The van der Waals surface area contributed by atoms with Crippen LogP contribution < -0.4 is 4.74 Å². The van der Waals surface area contributed by atoms with Gasteiger partial charge >= 0.3 is 0 Å². The van der Waals surface area contributed by atoms with Crippen molar-refractivity contribution in [3.05, 3.63) is 47.4 Å². The molecule has 0 spiro atoms. The highest BCUT2D eigenvalue weighted by atomic mass is 35.5. The van der Waals surface area contributed by atoms with Gasteiger partial charge in [0.15, 0.2) is 5.15 Å².